The van der Waals surface area contributed by atoms with E-state index < -0.39 is 0 Å². The zero-order valence-corrected chi connectivity index (χ0v) is 13.4. The molecule has 6 heteroatoms. The number of oxime groups is 1. The summed E-state index contributed by atoms with van der Waals surface area (Å²) in [7, 11) is 3.77. The molecule has 3 rings (SSSR count). The molecule has 0 amide bonds. The van der Waals surface area contributed by atoms with Crippen LogP contribution in [-0.2, 0) is 4.84 Å². The SMILES string of the molecule is COc1nc(C2=CCCN(C)C2)sc1/C=N/OCC1CC1. The van der Waals surface area contributed by atoms with Gasteiger partial charge in [-0.2, -0.15) is 0 Å². The van der Waals surface area contributed by atoms with Crippen molar-refractivity contribution in [2.45, 2.75) is 19.3 Å². The third-order valence-electron chi connectivity index (χ3n) is 3.68. The van der Waals surface area contributed by atoms with Crippen molar-refractivity contribution in [3.63, 3.8) is 0 Å². The van der Waals surface area contributed by atoms with Gasteiger partial charge in [0.25, 0.3) is 0 Å². The van der Waals surface area contributed by atoms with Gasteiger partial charge in [-0.05, 0) is 37.8 Å². The van der Waals surface area contributed by atoms with Crippen LogP contribution in [0.3, 0.4) is 0 Å². The summed E-state index contributed by atoms with van der Waals surface area (Å²) in [6.45, 7) is 2.77. The second-order valence-corrected chi connectivity index (χ2v) is 6.65. The van der Waals surface area contributed by atoms with Crippen LogP contribution in [0.25, 0.3) is 5.57 Å². The first-order valence-electron chi connectivity index (χ1n) is 7.34. The van der Waals surface area contributed by atoms with Crippen LogP contribution in [0.4, 0.5) is 0 Å². The molecule has 0 spiro atoms. The molecule has 21 heavy (non-hydrogen) atoms. The molecule has 1 aliphatic heterocycles. The molecule has 0 aromatic carbocycles. The third-order valence-corrected chi connectivity index (χ3v) is 4.73. The van der Waals surface area contributed by atoms with Gasteiger partial charge in [-0.1, -0.05) is 11.2 Å². The second-order valence-electron chi connectivity index (χ2n) is 5.62. The summed E-state index contributed by atoms with van der Waals surface area (Å²) >= 11 is 1.61. The van der Waals surface area contributed by atoms with Crippen LogP contribution >= 0.6 is 11.3 Å². The van der Waals surface area contributed by atoms with Crippen LogP contribution in [0.2, 0.25) is 0 Å². The Labute approximate surface area is 129 Å². The first-order valence-corrected chi connectivity index (χ1v) is 8.16. The molecule has 0 unspecified atom stereocenters. The largest absolute Gasteiger partial charge is 0.480 e. The van der Waals surface area contributed by atoms with Gasteiger partial charge in [0.15, 0.2) is 0 Å². The van der Waals surface area contributed by atoms with Gasteiger partial charge in [-0.25, -0.2) is 4.98 Å². The number of methoxy groups -OCH3 is 1. The molecule has 5 nitrogen and oxygen atoms in total. The first kappa shape index (κ1) is 14.5. The molecule has 1 aromatic rings. The zero-order valence-electron chi connectivity index (χ0n) is 12.5. The molecule has 2 heterocycles. The zero-order chi connectivity index (χ0) is 14.7. The van der Waals surface area contributed by atoms with Gasteiger partial charge < -0.3 is 14.5 Å². The number of hydrogen-bond donors (Lipinski definition) is 0. The van der Waals surface area contributed by atoms with Gasteiger partial charge in [0.05, 0.1) is 13.3 Å². The maximum absolute atomic E-state index is 5.35. The van der Waals surface area contributed by atoms with Crippen molar-refractivity contribution in [1.29, 1.82) is 0 Å². The fourth-order valence-corrected chi connectivity index (χ4v) is 3.18. The Balaban J connectivity index is 1.69. The number of aromatic nitrogens is 1. The fraction of sp³-hybridized carbons (Fsp3) is 0.600. The molecule has 114 valence electrons. The van der Waals surface area contributed by atoms with E-state index in [0.717, 1.165) is 36.0 Å². The predicted molar refractivity (Wildman–Crippen MR) is 85.0 cm³/mol. The summed E-state index contributed by atoms with van der Waals surface area (Å²) in [5.74, 6) is 1.34. The average molecular weight is 307 g/mol. The minimum absolute atomic E-state index is 0.628. The quantitative estimate of drug-likeness (QED) is 0.599. The van der Waals surface area contributed by atoms with Crippen LogP contribution < -0.4 is 4.74 Å². The second kappa shape index (κ2) is 6.58. The van der Waals surface area contributed by atoms with E-state index in [4.69, 9.17) is 9.57 Å². The summed E-state index contributed by atoms with van der Waals surface area (Å²) in [5, 5.41) is 5.06. The van der Waals surface area contributed by atoms with E-state index in [-0.39, 0.29) is 0 Å². The van der Waals surface area contributed by atoms with Crippen LogP contribution in [-0.4, -0.2) is 50.0 Å². The lowest BCUT2D eigenvalue weighted by molar-refractivity contribution is 0.135. The highest BCUT2D eigenvalue weighted by atomic mass is 32.1. The Hall–Kier alpha value is -1.40. The Kier molecular flexibility index (Phi) is 4.55. The number of likely N-dealkylation sites (N-methyl/N-ethyl adjacent to an activating group) is 1. The summed E-state index contributed by atoms with van der Waals surface area (Å²) in [4.78, 5) is 13.1. The molecular formula is C15H21N3O2S. The van der Waals surface area contributed by atoms with Crippen LogP contribution in [0.5, 0.6) is 5.88 Å². The van der Waals surface area contributed by atoms with Crippen molar-refractivity contribution in [1.82, 2.24) is 9.88 Å². The summed E-state index contributed by atoms with van der Waals surface area (Å²) in [6, 6.07) is 0. The lowest BCUT2D eigenvalue weighted by Gasteiger charge is -2.21. The van der Waals surface area contributed by atoms with Gasteiger partial charge in [0, 0.05) is 13.1 Å². The number of rotatable bonds is 6. The number of thiazole rings is 1. The van der Waals surface area contributed by atoms with Gasteiger partial charge in [-0.3, -0.25) is 0 Å². The average Bonchev–Trinajstić information content (AvgIpc) is 3.22. The minimum atomic E-state index is 0.628. The molecular weight excluding hydrogens is 286 g/mol. The molecule has 2 aliphatic rings. The van der Waals surface area contributed by atoms with E-state index in [2.05, 4.69) is 28.2 Å². The molecule has 1 saturated carbocycles. The Morgan fingerprint density at radius 1 is 1.52 bits per heavy atom. The predicted octanol–water partition coefficient (Wildman–Crippen LogP) is 2.63. The molecule has 0 radical (unpaired) electrons. The molecule has 1 aliphatic carbocycles. The van der Waals surface area contributed by atoms with E-state index >= 15 is 0 Å². The Morgan fingerprint density at radius 3 is 3.10 bits per heavy atom. The summed E-state index contributed by atoms with van der Waals surface area (Å²) in [6.07, 6.45) is 7.59. The van der Waals surface area contributed by atoms with E-state index in [1.54, 1.807) is 24.7 Å². The van der Waals surface area contributed by atoms with Gasteiger partial charge >= 0.3 is 0 Å². The van der Waals surface area contributed by atoms with Crippen molar-refractivity contribution < 1.29 is 9.57 Å². The smallest absolute Gasteiger partial charge is 0.234 e. The number of hydrogen-bond acceptors (Lipinski definition) is 6. The molecule has 0 saturated heterocycles. The lowest BCUT2D eigenvalue weighted by atomic mass is 10.1. The lowest BCUT2D eigenvalue weighted by Crippen LogP contribution is -2.24. The summed E-state index contributed by atoms with van der Waals surface area (Å²) in [5.41, 5.74) is 1.27. The van der Waals surface area contributed by atoms with E-state index in [1.165, 1.54) is 18.4 Å². The van der Waals surface area contributed by atoms with Gasteiger partial charge in [0.2, 0.25) is 5.88 Å². The monoisotopic (exact) mass is 307 g/mol. The molecule has 1 aromatic heterocycles. The van der Waals surface area contributed by atoms with E-state index in [9.17, 15) is 0 Å². The fourth-order valence-electron chi connectivity index (χ4n) is 2.25. The van der Waals surface area contributed by atoms with Crippen LogP contribution in [0, 0.1) is 5.92 Å². The number of ether oxygens (including phenoxy) is 1. The minimum Gasteiger partial charge on any atom is -0.480 e. The molecule has 0 atom stereocenters. The van der Waals surface area contributed by atoms with Gasteiger partial charge in [-0.15, -0.1) is 11.3 Å². The maximum atomic E-state index is 5.35. The van der Waals surface area contributed by atoms with Crippen molar-refractivity contribution >= 4 is 23.1 Å². The molecule has 0 bridgehead atoms. The normalized spacial score (nSPS) is 19.8. The molecule has 1 fully saturated rings. The van der Waals surface area contributed by atoms with Crippen molar-refractivity contribution in [2.24, 2.45) is 11.1 Å². The Morgan fingerprint density at radius 2 is 2.38 bits per heavy atom. The van der Waals surface area contributed by atoms with E-state index in [0.29, 0.717) is 11.8 Å². The number of nitrogens with zero attached hydrogens (tertiary/aromatic N) is 3. The van der Waals surface area contributed by atoms with Gasteiger partial charge in [0.1, 0.15) is 16.5 Å². The van der Waals surface area contributed by atoms with Crippen LogP contribution in [0.15, 0.2) is 11.2 Å². The first-order chi connectivity index (χ1) is 10.3. The van der Waals surface area contributed by atoms with Crippen molar-refractivity contribution in [3.05, 3.63) is 16.0 Å². The van der Waals surface area contributed by atoms with Crippen molar-refractivity contribution in [3.8, 4) is 5.88 Å². The highest BCUT2D eigenvalue weighted by Gasteiger charge is 2.22. The topological polar surface area (TPSA) is 47.0 Å². The Bertz CT molecular complexity index is 549. The highest BCUT2D eigenvalue weighted by Crippen LogP contribution is 2.31. The van der Waals surface area contributed by atoms with Crippen LogP contribution in [0.1, 0.15) is 29.1 Å². The highest BCUT2D eigenvalue weighted by molar-refractivity contribution is 7.14. The van der Waals surface area contributed by atoms with E-state index in [1.807, 2.05) is 0 Å². The third kappa shape index (κ3) is 3.83. The maximum Gasteiger partial charge on any atom is 0.234 e. The van der Waals surface area contributed by atoms with Crippen molar-refractivity contribution in [2.75, 3.05) is 33.9 Å². The standard InChI is InChI=1S/C15H21N3O2S/c1-18-7-3-4-12(9-18)15-17-14(19-2)13(21-15)8-16-20-10-11-5-6-11/h4,8,11H,3,5-7,9-10H2,1-2H3/b16-8+. The summed E-state index contributed by atoms with van der Waals surface area (Å²) < 4.78 is 5.35. The molecule has 0 N–H and O–H groups in total.